The molecule has 2 aromatic rings. The number of imidazole rings is 1. The highest BCUT2D eigenvalue weighted by molar-refractivity contribution is 6.07. The fourth-order valence-electron chi connectivity index (χ4n) is 4.26. The van der Waals surface area contributed by atoms with Crippen molar-refractivity contribution in [1.82, 2.24) is 14.6 Å². The Balaban J connectivity index is 0.00000240. The van der Waals surface area contributed by atoms with Crippen LogP contribution in [0, 0.1) is 11.8 Å². The van der Waals surface area contributed by atoms with Gasteiger partial charge < -0.3 is 14.0 Å². The van der Waals surface area contributed by atoms with Gasteiger partial charge in [-0.1, -0.05) is 12.8 Å². The average Bonchev–Trinajstić information content (AvgIpc) is 3.26. The number of hydrogen-bond acceptors (Lipinski definition) is 5. The maximum atomic E-state index is 13.1. The van der Waals surface area contributed by atoms with Gasteiger partial charge in [0.05, 0.1) is 32.8 Å². The van der Waals surface area contributed by atoms with Crippen LogP contribution in [0.25, 0.3) is 0 Å². The van der Waals surface area contributed by atoms with Gasteiger partial charge in [-0.05, 0) is 31.0 Å². The van der Waals surface area contributed by atoms with Crippen LogP contribution in [0.2, 0.25) is 0 Å². The maximum Gasteiger partial charge on any atom is 0.246 e. The summed E-state index contributed by atoms with van der Waals surface area (Å²) in [6.07, 6.45) is 9.56. The van der Waals surface area contributed by atoms with Crippen molar-refractivity contribution in [2.45, 2.75) is 32.2 Å². The SMILES string of the molecule is COc1ccc(C2=NN(CCn3ccnc3)C(=O)[C@H]3CCCC[C@@H]23)cc1OC.Cl. The fraction of sp³-hybridized carbons (Fsp3) is 0.476. The van der Waals surface area contributed by atoms with Crippen molar-refractivity contribution in [3.8, 4) is 11.5 Å². The number of hydrogen-bond donors (Lipinski definition) is 0. The van der Waals surface area contributed by atoms with Gasteiger partial charge in [0.1, 0.15) is 0 Å². The van der Waals surface area contributed by atoms with Gasteiger partial charge in [-0.15, -0.1) is 12.4 Å². The molecule has 1 fully saturated rings. The van der Waals surface area contributed by atoms with Crippen molar-refractivity contribution in [2.75, 3.05) is 20.8 Å². The molecule has 8 heteroatoms. The summed E-state index contributed by atoms with van der Waals surface area (Å²) in [5.74, 6) is 1.70. The van der Waals surface area contributed by atoms with Crippen LogP contribution in [0.4, 0.5) is 0 Å². The zero-order valence-electron chi connectivity index (χ0n) is 16.8. The molecule has 0 spiro atoms. The van der Waals surface area contributed by atoms with Crippen molar-refractivity contribution in [3.63, 3.8) is 0 Å². The zero-order chi connectivity index (χ0) is 19.5. The summed E-state index contributed by atoms with van der Waals surface area (Å²) < 4.78 is 12.8. The van der Waals surface area contributed by atoms with E-state index < -0.39 is 0 Å². The number of aromatic nitrogens is 2. The van der Waals surface area contributed by atoms with Crippen LogP contribution in [0.15, 0.2) is 42.0 Å². The number of nitrogens with zero attached hydrogens (tertiary/aromatic N) is 4. The second kappa shape index (κ2) is 9.31. The quantitative estimate of drug-likeness (QED) is 0.721. The molecule has 1 aromatic heterocycles. The Hall–Kier alpha value is -2.54. The third kappa shape index (κ3) is 4.24. The van der Waals surface area contributed by atoms with Gasteiger partial charge in [0, 0.05) is 36.3 Å². The predicted molar refractivity (Wildman–Crippen MR) is 113 cm³/mol. The van der Waals surface area contributed by atoms with E-state index in [0.717, 1.165) is 37.0 Å². The van der Waals surface area contributed by atoms with Gasteiger partial charge >= 0.3 is 0 Å². The van der Waals surface area contributed by atoms with Gasteiger partial charge in [0.15, 0.2) is 11.5 Å². The average molecular weight is 419 g/mol. The van der Waals surface area contributed by atoms with Crippen molar-refractivity contribution < 1.29 is 14.3 Å². The standard InChI is InChI=1S/C21H26N4O3.ClH/c1-27-18-8-7-15(13-19(18)28-2)20-16-5-3-4-6-17(16)21(26)25(23-20)12-11-24-10-9-22-14-24;/h7-10,13-14,16-17H,3-6,11-12H2,1-2H3;1H/t16-,17+;/m1./s1. The molecule has 1 aromatic carbocycles. The maximum absolute atomic E-state index is 13.1. The van der Waals surface area contributed by atoms with E-state index in [9.17, 15) is 4.79 Å². The molecule has 1 amide bonds. The summed E-state index contributed by atoms with van der Waals surface area (Å²) in [6, 6.07) is 5.88. The number of methoxy groups -OCH3 is 2. The van der Waals surface area contributed by atoms with Crippen molar-refractivity contribution in [2.24, 2.45) is 16.9 Å². The highest BCUT2D eigenvalue weighted by atomic mass is 35.5. The van der Waals surface area contributed by atoms with E-state index in [2.05, 4.69) is 4.98 Å². The van der Waals surface area contributed by atoms with E-state index in [1.54, 1.807) is 31.8 Å². The van der Waals surface area contributed by atoms with Gasteiger partial charge in [0.2, 0.25) is 5.91 Å². The van der Waals surface area contributed by atoms with E-state index >= 15 is 0 Å². The minimum absolute atomic E-state index is 0. The van der Waals surface area contributed by atoms with Crippen LogP contribution in [-0.2, 0) is 11.3 Å². The molecular weight excluding hydrogens is 392 g/mol. The molecule has 0 bridgehead atoms. The predicted octanol–water partition coefficient (Wildman–Crippen LogP) is 3.38. The van der Waals surface area contributed by atoms with Crippen LogP contribution in [-0.4, -0.2) is 46.9 Å². The van der Waals surface area contributed by atoms with Gasteiger partial charge in [0.25, 0.3) is 0 Å². The summed E-state index contributed by atoms with van der Waals surface area (Å²) in [4.78, 5) is 17.1. The molecule has 1 aliphatic carbocycles. The summed E-state index contributed by atoms with van der Waals surface area (Å²) in [7, 11) is 3.26. The number of halogens is 1. The smallest absolute Gasteiger partial charge is 0.246 e. The first-order valence-electron chi connectivity index (χ1n) is 9.79. The second-order valence-electron chi connectivity index (χ2n) is 7.31. The lowest BCUT2D eigenvalue weighted by molar-refractivity contribution is -0.139. The molecule has 29 heavy (non-hydrogen) atoms. The molecule has 0 unspecified atom stereocenters. The van der Waals surface area contributed by atoms with Crippen LogP contribution in [0.3, 0.4) is 0 Å². The van der Waals surface area contributed by atoms with E-state index in [4.69, 9.17) is 14.6 Å². The molecule has 0 saturated heterocycles. The molecule has 0 radical (unpaired) electrons. The summed E-state index contributed by atoms with van der Waals surface area (Å²) in [5, 5.41) is 6.47. The van der Waals surface area contributed by atoms with Gasteiger partial charge in [-0.25, -0.2) is 9.99 Å². The van der Waals surface area contributed by atoms with E-state index in [-0.39, 0.29) is 30.2 Å². The lowest BCUT2D eigenvalue weighted by atomic mass is 9.73. The van der Waals surface area contributed by atoms with E-state index in [0.29, 0.717) is 24.6 Å². The molecule has 156 valence electrons. The first-order chi connectivity index (χ1) is 13.7. The molecule has 1 aliphatic heterocycles. The number of ether oxygens (including phenoxy) is 2. The van der Waals surface area contributed by atoms with Crippen molar-refractivity contribution in [3.05, 3.63) is 42.5 Å². The van der Waals surface area contributed by atoms with Crippen LogP contribution < -0.4 is 9.47 Å². The molecule has 2 aliphatic rings. The molecule has 0 N–H and O–H groups in total. The normalized spacial score (nSPS) is 21.1. The minimum atomic E-state index is 0. The Labute approximate surface area is 177 Å². The van der Waals surface area contributed by atoms with E-state index in [1.807, 2.05) is 29.0 Å². The van der Waals surface area contributed by atoms with Gasteiger partial charge in [-0.3, -0.25) is 4.79 Å². The third-order valence-electron chi connectivity index (χ3n) is 5.73. The van der Waals surface area contributed by atoms with E-state index in [1.165, 1.54) is 0 Å². The van der Waals surface area contributed by atoms with Crippen LogP contribution in [0.1, 0.15) is 31.2 Å². The lowest BCUT2D eigenvalue weighted by Crippen LogP contribution is -2.46. The fourth-order valence-corrected chi connectivity index (χ4v) is 4.26. The topological polar surface area (TPSA) is 69.0 Å². The summed E-state index contributed by atoms with van der Waals surface area (Å²) in [6.45, 7) is 1.21. The Morgan fingerprint density at radius 2 is 1.83 bits per heavy atom. The first kappa shape index (κ1) is 21.2. The largest absolute Gasteiger partial charge is 0.493 e. The number of carbonyl (C=O) groups excluding carboxylic acids is 1. The molecule has 2 heterocycles. The number of carbonyl (C=O) groups is 1. The summed E-state index contributed by atoms with van der Waals surface area (Å²) in [5.41, 5.74) is 1.98. The Morgan fingerprint density at radius 1 is 1.07 bits per heavy atom. The Kier molecular flexibility index (Phi) is 6.79. The molecule has 4 rings (SSSR count). The molecule has 1 saturated carbocycles. The van der Waals surface area contributed by atoms with Crippen LogP contribution >= 0.6 is 12.4 Å². The number of rotatable bonds is 6. The molecular formula is C21H27ClN4O3. The Bertz CT molecular complexity index is 869. The second-order valence-corrected chi connectivity index (χ2v) is 7.31. The highest BCUT2D eigenvalue weighted by Crippen LogP contribution is 2.39. The number of amides is 1. The number of hydrazone groups is 1. The minimum Gasteiger partial charge on any atom is -0.493 e. The summed E-state index contributed by atoms with van der Waals surface area (Å²) >= 11 is 0. The van der Waals surface area contributed by atoms with Gasteiger partial charge in [-0.2, -0.15) is 5.10 Å². The monoisotopic (exact) mass is 418 g/mol. The first-order valence-corrected chi connectivity index (χ1v) is 9.79. The zero-order valence-corrected chi connectivity index (χ0v) is 17.6. The van der Waals surface area contributed by atoms with Crippen molar-refractivity contribution in [1.29, 1.82) is 0 Å². The number of fused-ring (bicyclic) bond motifs is 1. The highest BCUT2D eigenvalue weighted by Gasteiger charge is 2.41. The van der Waals surface area contributed by atoms with Crippen molar-refractivity contribution >= 4 is 24.0 Å². The number of benzene rings is 1. The molecule has 2 atom stereocenters. The van der Waals surface area contributed by atoms with Crippen LogP contribution in [0.5, 0.6) is 11.5 Å². The molecule has 7 nitrogen and oxygen atoms in total. The third-order valence-corrected chi connectivity index (χ3v) is 5.73. The Morgan fingerprint density at radius 3 is 2.52 bits per heavy atom. The lowest BCUT2D eigenvalue weighted by Gasteiger charge is -2.38.